The summed E-state index contributed by atoms with van der Waals surface area (Å²) in [6, 6.07) is 25.1. The van der Waals surface area contributed by atoms with Gasteiger partial charge in [0.1, 0.15) is 19.0 Å². The van der Waals surface area contributed by atoms with Gasteiger partial charge >= 0.3 is 12.1 Å². The average molecular weight is 701 g/mol. The van der Waals surface area contributed by atoms with Crippen LogP contribution in [0.25, 0.3) is 10.8 Å². The maximum atomic E-state index is 13.3. The Morgan fingerprint density at radius 2 is 1.71 bits per heavy atom. The number of fused-ring (bicyclic) bond motifs is 2. The summed E-state index contributed by atoms with van der Waals surface area (Å²) in [5.41, 5.74) is 5.55. The maximum Gasteiger partial charge on any atom is 0.410 e. The summed E-state index contributed by atoms with van der Waals surface area (Å²) in [6.07, 6.45) is 2.84. The van der Waals surface area contributed by atoms with Gasteiger partial charge in [0.15, 0.2) is 0 Å². The molecule has 1 aromatic heterocycles. The molecule has 1 amide bonds. The zero-order valence-corrected chi connectivity index (χ0v) is 30.3. The molecule has 0 unspecified atom stereocenters. The Morgan fingerprint density at radius 1 is 0.923 bits per heavy atom. The molecule has 4 aromatic rings. The molecule has 0 radical (unpaired) electrons. The number of aromatic nitrogens is 2. The minimum absolute atomic E-state index is 0.0524. The van der Waals surface area contributed by atoms with Crippen LogP contribution in [0.2, 0.25) is 0 Å². The second-order valence-corrected chi connectivity index (χ2v) is 14.9. The van der Waals surface area contributed by atoms with E-state index in [9.17, 15) is 10.1 Å². The zero-order valence-electron chi connectivity index (χ0n) is 30.3. The predicted octanol–water partition coefficient (Wildman–Crippen LogP) is 5.40. The molecular formula is C41H48N8O3. The van der Waals surface area contributed by atoms with Crippen LogP contribution in [0.3, 0.4) is 0 Å². The Balaban J connectivity index is 1.06. The van der Waals surface area contributed by atoms with Crippen molar-refractivity contribution in [2.24, 2.45) is 0 Å². The van der Waals surface area contributed by atoms with Gasteiger partial charge in [-0.1, -0.05) is 60.7 Å². The van der Waals surface area contributed by atoms with Crippen LogP contribution in [0, 0.1) is 18.3 Å². The van der Waals surface area contributed by atoms with Gasteiger partial charge in [-0.05, 0) is 55.8 Å². The Bertz CT molecular complexity index is 1950. The van der Waals surface area contributed by atoms with E-state index < -0.39 is 6.09 Å². The van der Waals surface area contributed by atoms with E-state index in [1.54, 1.807) is 4.90 Å². The summed E-state index contributed by atoms with van der Waals surface area (Å²) >= 11 is 0. The van der Waals surface area contributed by atoms with Crippen LogP contribution in [-0.2, 0) is 24.3 Å². The van der Waals surface area contributed by atoms with Crippen molar-refractivity contribution in [2.45, 2.75) is 57.3 Å². The number of piperazine rings is 2. The third-order valence-electron chi connectivity index (χ3n) is 11.5. The van der Waals surface area contributed by atoms with Crippen LogP contribution in [0.5, 0.6) is 6.01 Å². The van der Waals surface area contributed by atoms with Gasteiger partial charge in [0, 0.05) is 69.0 Å². The number of amides is 1. The highest BCUT2D eigenvalue weighted by Gasteiger charge is 2.49. The van der Waals surface area contributed by atoms with Crippen molar-refractivity contribution in [3.8, 4) is 12.1 Å². The summed E-state index contributed by atoms with van der Waals surface area (Å²) in [6.45, 7) is 10.1. The van der Waals surface area contributed by atoms with Crippen molar-refractivity contribution < 1.29 is 14.3 Å². The van der Waals surface area contributed by atoms with Gasteiger partial charge < -0.3 is 29.1 Å². The highest BCUT2D eigenvalue weighted by atomic mass is 16.6. The molecule has 0 bridgehead atoms. The normalized spacial score (nSPS) is 20.3. The first-order chi connectivity index (χ1) is 25.4. The molecule has 0 spiro atoms. The minimum atomic E-state index is -0.392. The SMILES string of the molecule is Cc1cccc2cccc(N3CCc4c(nc(OCC5(N6CCN(C)CC6)CC5)nc4N4CCN(C(=O)OCc5ccccc5)[C@@H](CC#N)C4)C3)c12. The number of carbonyl (C=O) groups excluding carboxylic acids is 1. The van der Waals surface area contributed by atoms with Crippen molar-refractivity contribution in [3.05, 3.63) is 89.1 Å². The molecule has 1 aliphatic carbocycles. The summed E-state index contributed by atoms with van der Waals surface area (Å²) < 4.78 is 12.3. The molecule has 8 rings (SSSR count). The highest BCUT2D eigenvalue weighted by Crippen LogP contribution is 2.43. The van der Waals surface area contributed by atoms with E-state index in [1.807, 2.05) is 30.3 Å². The Labute approximate surface area is 306 Å². The van der Waals surface area contributed by atoms with E-state index in [0.29, 0.717) is 38.8 Å². The molecule has 2 saturated heterocycles. The monoisotopic (exact) mass is 700 g/mol. The van der Waals surface area contributed by atoms with Gasteiger partial charge in [-0.2, -0.15) is 15.2 Å². The number of carbonyl (C=O) groups is 1. The first-order valence-corrected chi connectivity index (χ1v) is 18.7. The van der Waals surface area contributed by atoms with Crippen LogP contribution in [0.1, 0.15) is 41.6 Å². The Morgan fingerprint density at radius 3 is 2.48 bits per heavy atom. The first kappa shape index (κ1) is 34.2. The van der Waals surface area contributed by atoms with E-state index in [0.717, 1.165) is 74.6 Å². The van der Waals surface area contributed by atoms with Gasteiger partial charge in [-0.25, -0.2) is 4.79 Å². The molecule has 52 heavy (non-hydrogen) atoms. The van der Waals surface area contributed by atoms with E-state index in [2.05, 4.69) is 76.0 Å². The van der Waals surface area contributed by atoms with Crippen molar-refractivity contribution in [1.29, 1.82) is 5.26 Å². The molecule has 0 N–H and O–H groups in total. The quantitative estimate of drug-likeness (QED) is 0.226. The molecule has 4 heterocycles. The second-order valence-electron chi connectivity index (χ2n) is 14.9. The molecule has 4 aliphatic rings. The third kappa shape index (κ3) is 6.97. The van der Waals surface area contributed by atoms with Crippen molar-refractivity contribution in [2.75, 3.05) is 75.8 Å². The number of likely N-dealkylation sites (N-methyl/N-ethyl adjacent to an activating group) is 1. The number of rotatable bonds is 9. The first-order valence-electron chi connectivity index (χ1n) is 18.7. The second kappa shape index (κ2) is 14.6. The standard InChI is InChI=1S/C41H48N8O3/c1-30-8-6-11-32-12-7-13-36(37(30)32)46-19-15-34-35(27-46)43-39(52-29-41(16-17-41)48-23-20-45(2)21-24-48)44-38(34)47-22-25-49(33(26-47)14-18-42)40(50)51-28-31-9-4-3-5-10-31/h3-13,33H,14-17,19-29H2,1-2H3/t33-/m0/s1. The summed E-state index contributed by atoms with van der Waals surface area (Å²) in [5.74, 6) is 0.860. The fraction of sp³-hybridized carbons (Fsp3) is 0.463. The Hall–Kier alpha value is -4.92. The number of benzene rings is 3. The summed E-state index contributed by atoms with van der Waals surface area (Å²) in [4.78, 5) is 34.9. The van der Waals surface area contributed by atoms with E-state index >= 15 is 0 Å². The Kier molecular flexibility index (Phi) is 9.60. The summed E-state index contributed by atoms with van der Waals surface area (Å²) in [7, 11) is 2.19. The van der Waals surface area contributed by atoms with Crippen LogP contribution >= 0.6 is 0 Å². The number of hydrogen-bond donors (Lipinski definition) is 0. The van der Waals surface area contributed by atoms with Crippen LogP contribution in [0.4, 0.5) is 16.3 Å². The highest BCUT2D eigenvalue weighted by molar-refractivity contribution is 5.97. The maximum absolute atomic E-state index is 13.3. The van der Waals surface area contributed by atoms with E-state index in [-0.39, 0.29) is 24.6 Å². The largest absolute Gasteiger partial charge is 0.461 e. The predicted molar refractivity (Wildman–Crippen MR) is 202 cm³/mol. The lowest BCUT2D eigenvalue weighted by molar-refractivity contribution is 0.0649. The van der Waals surface area contributed by atoms with Gasteiger partial charge in [-0.3, -0.25) is 4.90 Å². The molecule has 11 heteroatoms. The van der Waals surface area contributed by atoms with Gasteiger partial charge in [0.05, 0.1) is 36.3 Å². The van der Waals surface area contributed by atoms with Crippen molar-refractivity contribution in [3.63, 3.8) is 0 Å². The van der Waals surface area contributed by atoms with Crippen LogP contribution in [0.15, 0.2) is 66.7 Å². The number of nitriles is 1. The van der Waals surface area contributed by atoms with Gasteiger partial charge in [0.2, 0.25) is 0 Å². The fourth-order valence-corrected chi connectivity index (χ4v) is 8.24. The van der Waals surface area contributed by atoms with Crippen molar-refractivity contribution >= 4 is 28.4 Å². The molecule has 3 aliphatic heterocycles. The number of nitrogens with zero attached hydrogens (tertiary/aromatic N) is 8. The number of ether oxygens (including phenoxy) is 2. The van der Waals surface area contributed by atoms with E-state index in [4.69, 9.17) is 19.4 Å². The van der Waals surface area contributed by atoms with Gasteiger partial charge in [-0.15, -0.1) is 0 Å². The lowest BCUT2D eigenvalue weighted by Gasteiger charge is -2.42. The third-order valence-corrected chi connectivity index (χ3v) is 11.5. The molecule has 3 aromatic carbocycles. The smallest absolute Gasteiger partial charge is 0.410 e. The molecule has 1 saturated carbocycles. The van der Waals surface area contributed by atoms with Gasteiger partial charge in [0.25, 0.3) is 0 Å². The molecule has 270 valence electrons. The van der Waals surface area contributed by atoms with Crippen LogP contribution in [-0.4, -0.2) is 108 Å². The topological polar surface area (TPSA) is 101 Å². The summed E-state index contributed by atoms with van der Waals surface area (Å²) in [5, 5.41) is 12.3. The lowest BCUT2D eigenvalue weighted by atomic mass is 9.99. The molecular weight excluding hydrogens is 653 g/mol. The molecule has 3 fully saturated rings. The lowest BCUT2D eigenvalue weighted by Crippen LogP contribution is -2.56. The average Bonchev–Trinajstić information content (AvgIpc) is 3.97. The minimum Gasteiger partial charge on any atom is -0.461 e. The number of hydrogen-bond acceptors (Lipinski definition) is 10. The van der Waals surface area contributed by atoms with E-state index in [1.165, 1.54) is 22.0 Å². The number of anilines is 2. The van der Waals surface area contributed by atoms with Crippen molar-refractivity contribution in [1.82, 2.24) is 24.7 Å². The number of aryl methyl sites for hydroxylation is 1. The van der Waals surface area contributed by atoms with Crippen LogP contribution < -0.4 is 14.5 Å². The molecule has 11 nitrogen and oxygen atoms in total. The fourth-order valence-electron chi connectivity index (χ4n) is 8.24. The zero-order chi connectivity index (χ0) is 35.7. The molecule has 1 atom stereocenters.